The molecule has 0 heterocycles. The first kappa shape index (κ1) is 15.8. The molecular weight excluding hydrogens is 278 g/mol. The second-order valence-corrected chi connectivity index (χ2v) is 5.23. The quantitative estimate of drug-likeness (QED) is 0.883. The van der Waals surface area contributed by atoms with Crippen molar-refractivity contribution in [2.75, 3.05) is 0 Å². The van der Waals surface area contributed by atoms with Crippen LogP contribution in [-0.2, 0) is 6.42 Å². The molecule has 0 saturated heterocycles. The van der Waals surface area contributed by atoms with Crippen molar-refractivity contribution >= 4 is 11.9 Å². The van der Waals surface area contributed by atoms with E-state index >= 15 is 0 Å². The number of hydrogen-bond acceptors (Lipinski definition) is 3. The average Bonchev–Trinajstić information content (AvgIpc) is 2.54. The van der Waals surface area contributed by atoms with Gasteiger partial charge in [0.15, 0.2) is 0 Å². The van der Waals surface area contributed by atoms with E-state index in [4.69, 9.17) is 0 Å². The molecule has 2 aromatic rings. The normalized spacial score (nSPS) is 11.7. The van der Waals surface area contributed by atoms with Crippen molar-refractivity contribution in [3.63, 3.8) is 0 Å². The molecule has 1 amide bonds. The number of carbonyl (C=O) groups excluding carboxylic acids is 2. The van der Waals surface area contributed by atoms with Crippen LogP contribution < -0.4 is 10.4 Å². The molecule has 0 saturated carbocycles. The molecule has 0 fully saturated rings. The fourth-order valence-electron chi connectivity index (χ4n) is 2.26. The summed E-state index contributed by atoms with van der Waals surface area (Å²) in [5, 5.41) is 13.9. The van der Waals surface area contributed by atoms with E-state index < -0.39 is 5.97 Å². The highest BCUT2D eigenvalue weighted by Crippen LogP contribution is 2.09. The van der Waals surface area contributed by atoms with E-state index in [-0.39, 0.29) is 23.1 Å². The molecule has 114 valence electrons. The third kappa shape index (κ3) is 4.19. The summed E-state index contributed by atoms with van der Waals surface area (Å²) in [5.74, 6) is -1.73. The molecule has 4 heteroatoms. The summed E-state index contributed by atoms with van der Waals surface area (Å²) in [7, 11) is 0. The lowest BCUT2D eigenvalue weighted by Crippen LogP contribution is -2.35. The minimum atomic E-state index is -1.34. The Balaban J connectivity index is 1.95. The summed E-state index contributed by atoms with van der Waals surface area (Å²) >= 11 is 0. The summed E-state index contributed by atoms with van der Waals surface area (Å²) in [4.78, 5) is 23.2. The number of amides is 1. The van der Waals surface area contributed by atoms with Gasteiger partial charge in [0.25, 0.3) is 5.91 Å². The van der Waals surface area contributed by atoms with Crippen molar-refractivity contribution in [3.8, 4) is 0 Å². The highest BCUT2D eigenvalue weighted by molar-refractivity contribution is 6.04. The van der Waals surface area contributed by atoms with Gasteiger partial charge in [-0.2, -0.15) is 0 Å². The highest BCUT2D eigenvalue weighted by Gasteiger charge is 2.13. The lowest BCUT2D eigenvalue weighted by atomic mass is 10.0. The van der Waals surface area contributed by atoms with Crippen LogP contribution in [0.3, 0.4) is 0 Å². The molecular formula is C18H18NO3-. The zero-order chi connectivity index (χ0) is 15.9. The van der Waals surface area contributed by atoms with Gasteiger partial charge in [-0.05, 0) is 31.4 Å². The van der Waals surface area contributed by atoms with Crippen molar-refractivity contribution in [1.29, 1.82) is 0 Å². The van der Waals surface area contributed by atoms with Crippen LogP contribution in [0, 0.1) is 0 Å². The molecule has 0 aliphatic heterocycles. The summed E-state index contributed by atoms with van der Waals surface area (Å²) in [6.07, 6.45) is 1.63. The summed E-state index contributed by atoms with van der Waals surface area (Å²) in [6, 6.07) is 16.0. The van der Waals surface area contributed by atoms with Crippen molar-refractivity contribution in [1.82, 2.24) is 5.32 Å². The van der Waals surface area contributed by atoms with Crippen LogP contribution in [0.15, 0.2) is 54.6 Å². The van der Waals surface area contributed by atoms with Gasteiger partial charge in [0, 0.05) is 17.2 Å². The zero-order valence-electron chi connectivity index (χ0n) is 12.4. The van der Waals surface area contributed by atoms with E-state index in [0.29, 0.717) is 0 Å². The Morgan fingerprint density at radius 2 is 1.59 bits per heavy atom. The van der Waals surface area contributed by atoms with Crippen LogP contribution in [0.1, 0.15) is 39.6 Å². The predicted octanol–water partition coefficient (Wildman–Crippen LogP) is 1.80. The number of hydrogen-bond donors (Lipinski definition) is 1. The lowest BCUT2D eigenvalue weighted by Gasteiger charge is -2.16. The maximum absolute atomic E-state index is 12.2. The lowest BCUT2D eigenvalue weighted by molar-refractivity contribution is -0.255. The van der Waals surface area contributed by atoms with Gasteiger partial charge in [-0.3, -0.25) is 4.79 Å². The monoisotopic (exact) mass is 296 g/mol. The first-order valence-corrected chi connectivity index (χ1v) is 7.23. The van der Waals surface area contributed by atoms with Crippen molar-refractivity contribution < 1.29 is 14.7 Å². The number of aryl methyl sites for hydroxylation is 1. The van der Waals surface area contributed by atoms with Crippen molar-refractivity contribution in [3.05, 3.63) is 71.3 Å². The molecule has 4 nitrogen and oxygen atoms in total. The number of aromatic carboxylic acids is 1. The summed E-state index contributed by atoms with van der Waals surface area (Å²) in [6.45, 7) is 1.91. The first-order chi connectivity index (χ1) is 10.6. The third-order valence-electron chi connectivity index (χ3n) is 3.48. The fraction of sp³-hybridized carbons (Fsp3) is 0.222. The van der Waals surface area contributed by atoms with Gasteiger partial charge in [0.1, 0.15) is 0 Å². The Labute approximate surface area is 129 Å². The molecule has 22 heavy (non-hydrogen) atoms. The fourth-order valence-corrected chi connectivity index (χ4v) is 2.26. The van der Waals surface area contributed by atoms with Crippen LogP contribution in [0.4, 0.5) is 0 Å². The third-order valence-corrected chi connectivity index (χ3v) is 3.48. The Kier molecular flexibility index (Phi) is 5.31. The maximum atomic E-state index is 12.2. The molecule has 0 aromatic heterocycles. The van der Waals surface area contributed by atoms with Gasteiger partial charge >= 0.3 is 0 Å². The minimum absolute atomic E-state index is 0.0532. The van der Waals surface area contributed by atoms with E-state index in [1.165, 1.54) is 17.7 Å². The number of carboxylic acids is 1. The SMILES string of the molecule is C[C@H](CCc1ccccc1)NC(=O)c1ccccc1C(=O)[O-]. The Bertz CT molecular complexity index is 652. The molecule has 2 aromatic carbocycles. The number of carbonyl (C=O) groups is 2. The van der Waals surface area contributed by atoms with E-state index in [0.717, 1.165) is 12.8 Å². The summed E-state index contributed by atoms with van der Waals surface area (Å²) < 4.78 is 0. The standard InChI is InChI=1S/C18H19NO3/c1-13(11-12-14-7-3-2-4-8-14)19-17(20)15-9-5-6-10-16(15)18(21)22/h2-10,13H,11-12H2,1H3,(H,19,20)(H,21,22)/p-1/t13-/m1/s1. The molecule has 2 rings (SSSR count). The van der Waals surface area contributed by atoms with Crippen LogP contribution in [0.2, 0.25) is 0 Å². The second kappa shape index (κ2) is 7.41. The number of carboxylic acid groups (broad SMARTS) is 1. The van der Waals surface area contributed by atoms with Gasteiger partial charge < -0.3 is 15.2 Å². The molecule has 1 atom stereocenters. The largest absolute Gasteiger partial charge is 0.545 e. The minimum Gasteiger partial charge on any atom is -0.545 e. The topological polar surface area (TPSA) is 69.2 Å². The molecule has 1 N–H and O–H groups in total. The van der Waals surface area contributed by atoms with Crippen molar-refractivity contribution in [2.45, 2.75) is 25.8 Å². The first-order valence-electron chi connectivity index (χ1n) is 7.23. The second-order valence-electron chi connectivity index (χ2n) is 5.23. The molecule has 0 aliphatic rings. The smallest absolute Gasteiger partial charge is 0.252 e. The number of rotatable bonds is 6. The van der Waals surface area contributed by atoms with E-state index in [1.54, 1.807) is 12.1 Å². The molecule has 0 radical (unpaired) electrons. The van der Waals surface area contributed by atoms with Crippen LogP contribution in [0.5, 0.6) is 0 Å². The molecule has 0 bridgehead atoms. The van der Waals surface area contributed by atoms with Gasteiger partial charge in [-0.15, -0.1) is 0 Å². The summed E-state index contributed by atoms with van der Waals surface area (Å²) in [5.41, 5.74) is 1.25. The van der Waals surface area contributed by atoms with Gasteiger partial charge in [-0.1, -0.05) is 48.5 Å². The molecule has 0 spiro atoms. The van der Waals surface area contributed by atoms with Gasteiger partial charge in [0.2, 0.25) is 0 Å². The van der Waals surface area contributed by atoms with Gasteiger partial charge in [-0.25, -0.2) is 0 Å². The highest BCUT2D eigenvalue weighted by atomic mass is 16.4. The maximum Gasteiger partial charge on any atom is 0.252 e. The Hall–Kier alpha value is -2.62. The van der Waals surface area contributed by atoms with Gasteiger partial charge in [0.05, 0.1) is 5.97 Å². The van der Waals surface area contributed by atoms with E-state index in [2.05, 4.69) is 5.32 Å². The molecule has 0 aliphatic carbocycles. The van der Waals surface area contributed by atoms with Crippen LogP contribution >= 0.6 is 0 Å². The van der Waals surface area contributed by atoms with Crippen LogP contribution in [0.25, 0.3) is 0 Å². The number of benzene rings is 2. The van der Waals surface area contributed by atoms with Crippen molar-refractivity contribution in [2.24, 2.45) is 0 Å². The predicted molar refractivity (Wildman–Crippen MR) is 82.5 cm³/mol. The van der Waals surface area contributed by atoms with Crippen LogP contribution in [-0.4, -0.2) is 17.9 Å². The Morgan fingerprint density at radius 1 is 1.00 bits per heavy atom. The number of nitrogens with one attached hydrogen (secondary N) is 1. The average molecular weight is 296 g/mol. The molecule has 0 unspecified atom stereocenters. The zero-order valence-corrected chi connectivity index (χ0v) is 12.4. The van der Waals surface area contributed by atoms with E-state index in [1.807, 2.05) is 37.3 Å². The Morgan fingerprint density at radius 3 is 2.23 bits per heavy atom. The van der Waals surface area contributed by atoms with E-state index in [9.17, 15) is 14.7 Å².